The lowest BCUT2D eigenvalue weighted by Crippen LogP contribution is -2.03. The van der Waals surface area contributed by atoms with Crippen molar-refractivity contribution in [3.8, 4) is 10.4 Å². The van der Waals surface area contributed by atoms with Gasteiger partial charge >= 0.3 is 0 Å². The molecule has 1 N–H and O–H groups in total. The van der Waals surface area contributed by atoms with Gasteiger partial charge in [0.15, 0.2) is 0 Å². The van der Waals surface area contributed by atoms with E-state index in [0.29, 0.717) is 0 Å². The predicted molar refractivity (Wildman–Crippen MR) is 84.8 cm³/mol. The van der Waals surface area contributed by atoms with Crippen LogP contribution in [-0.2, 0) is 6.54 Å². The molecule has 0 aliphatic heterocycles. The van der Waals surface area contributed by atoms with Crippen LogP contribution in [-0.4, -0.2) is 7.05 Å². The van der Waals surface area contributed by atoms with Crippen LogP contribution in [0, 0.1) is 6.92 Å². The Balaban J connectivity index is 2.19. The third-order valence-corrected chi connectivity index (χ3v) is 4.41. The summed E-state index contributed by atoms with van der Waals surface area (Å²) in [5.74, 6) is 0. The molecule has 1 nitrogen and oxygen atoms in total. The van der Waals surface area contributed by atoms with Gasteiger partial charge in [-0.25, -0.2) is 0 Å². The van der Waals surface area contributed by atoms with Crippen molar-refractivity contribution in [2.75, 3.05) is 7.05 Å². The van der Waals surface area contributed by atoms with E-state index in [1.165, 1.54) is 32.3 Å². The topological polar surface area (TPSA) is 12.0 Å². The summed E-state index contributed by atoms with van der Waals surface area (Å²) in [7, 11) is 1.99. The van der Waals surface area contributed by atoms with Gasteiger partial charge in [0, 0.05) is 17.0 Å². The molecule has 0 fully saturated rings. The van der Waals surface area contributed by atoms with Gasteiger partial charge in [-0.2, -0.15) is 0 Å². The van der Waals surface area contributed by atoms with Crippen LogP contribution >= 0.6 is 11.3 Å². The SMILES string of the molecule is CNCc1csc(-c2c(C)ccc3ccccc23)c1. The summed E-state index contributed by atoms with van der Waals surface area (Å²) in [6.07, 6.45) is 0. The van der Waals surface area contributed by atoms with Gasteiger partial charge in [-0.3, -0.25) is 0 Å². The molecule has 0 bridgehead atoms. The average Bonchev–Trinajstić information content (AvgIpc) is 2.87. The van der Waals surface area contributed by atoms with Crippen molar-refractivity contribution in [2.45, 2.75) is 13.5 Å². The van der Waals surface area contributed by atoms with Crippen LogP contribution in [0.3, 0.4) is 0 Å². The number of fused-ring (bicyclic) bond motifs is 1. The molecule has 2 heteroatoms. The third-order valence-electron chi connectivity index (χ3n) is 3.42. The number of thiophene rings is 1. The van der Waals surface area contributed by atoms with Crippen LogP contribution in [0.15, 0.2) is 47.8 Å². The van der Waals surface area contributed by atoms with Gasteiger partial charge in [0.1, 0.15) is 0 Å². The zero-order valence-electron chi connectivity index (χ0n) is 11.2. The van der Waals surface area contributed by atoms with E-state index in [1.54, 1.807) is 0 Å². The lowest BCUT2D eigenvalue weighted by molar-refractivity contribution is 0.821. The van der Waals surface area contributed by atoms with Crippen LogP contribution in [0.5, 0.6) is 0 Å². The Morgan fingerprint density at radius 1 is 1.11 bits per heavy atom. The van der Waals surface area contributed by atoms with Gasteiger partial charge in [-0.1, -0.05) is 36.4 Å². The molecular weight excluding hydrogens is 250 g/mol. The van der Waals surface area contributed by atoms with Crippen molar-refractivity contribution in [1.82, 2.24) is 5.32 Å². The van der Waals surface area contributed by atoms with Crippen molar-refractivity contribution in [3.63, 3.8) is 0 Å². The first-order valence-electron chi connectivity index (χ1n) is 6.50. The van der Waals surface area contributed by atoms with E-state index < -0.39 is 0 Å². The second kappa shape index (κ2) is 5.16. The van der Waals surface area contributed by atoms with Crippen molar-refractivity contribution in [2.24, 2.45) is 0 Å². The average molecular weight is 267 g/mol. The van der Waals surface area contributed by atoms with Gasteiger partial charge in [-0.05, 0) is 47.3 Å². The Hall–Kier alpha value is -1.64. The summed E-state index contributed by atoms with van der Waals surface area (Å²) in [6.45, 7) is 3.12. The zero-order chi connectivity index (χ0) is 13.2. The summed E-state index contributed by atoms with van der Waals surface area (Å²) in [6, 6.07) is 15.3. The highest BCUT2D eigenvalue weighted by Crippen LogP contribution is 2.35. The molecule has 0 spiro atoms. The number of hydrogen-bond acceptors (Lipinski definition) is 2. The lowest BCUT2D eigenvalue weighted by atomic mass is 9.98. The molecular formula is C17H17NS. The molecule has 96 valence electrons. The highest BCUT2D eigenvalue weighted by Gasteiger charge is 2.09. The van der Waals surface area contributed by atoms with Gasteiger partial charge in [0.2, 0.25) is 0 Å². The summed E-state index contributed by atoms with van der Waals surface area (Å²) < 4.78 is 0. The van der Waals surface area contributed by atoms with Crippen LogP contribution in [0.1, 0.15) is 11.1 Å². The minimum Gasteiger partial charge on any atom is -0.316 e. The molecule has 0 unspecified atom stereocenters. The minimum atomic E-state index is 0.931. The Bertz CT molecular complexity index is 712. The van der Waals surface area contributed by atoms with Crippen molar-refractivity contribution < 1.29 is 0 Å². The molecule has 0 atom stereocenters. The van der Waals surface area contributed by atoms with Gasteiger partial charge in [0.05, 0.1) is 0 Å². The number of nitrogens with one attached hydrogen (secondary N) is 1. The molecule has 19 heavy (non-hydrogen) atoms. The number of benzene rings is 2. The van der Waals surface area contributed by atoms with Crippen LogP contribution in [0.25, 0.3) is 21.2 Å². The zero-order valence-corrected chi connectivity index (χ0v) is 12.1. The van der Waals surface area contributed by atoms with E-state index in [2.05, 4.69) is 60.1 Å². The van der Waals surface area contributed by atoms with E-state index in [9.17, 15) is 0 Å². The minimum absolute atomic E-state index is 0.931. The van der Waals surface area contributed by atoms with Crippen LogP contribution in [0.2, 0.25) is 0 Å². The van der Waals surface area contributed by atoms with E-state index >= 15 is 0 Å². The van der Waals surface area contributed by atoms with Crippen molar-refractivity contribution in [3.05, 3.63) is 59.0 Å². The highest BCUT2D eigenvalue weighted by atomic mass is 32.1. The van der Waals surface area contributed by atoms with E-state index in [0.717, 1.165) is 6.54 Å². The maximum atomic E-state index is 3.21. The summed E-state index contributed by atoms with van der Waals surface area (Å²) in [4.78, 5) is 1.36. The monoisotopic (exact) mass is 267 g/mol. The fourth-order valence-electron chi connectivity index (χ4n) is 2.51. The number of hydrogen-bond donors (Lipinski definition) is 1. The Labute approximate surface area is 117 Å². The summed E-state index contributed by atoms with van der Waals surface area (Å²) >= 11 is 1.83. The second-order valence-electron chi connectivity index (χ2n) is 4.83. The first kappa shape index (κ1) is 12.4. The number of rotatable bonds is 3. The summed E-state index contributed by atoms with van der Waals surface area (Å²) in [5.41, 5.74) is 4.08. The molecule has 0 amide bonds. The quantitative estimate of drug-likeness (QED) is 0.731. The fraction of sp³-hybridized carbons (Fsp3) is 0.176. The third kappa shape index (κ3) is 2.29. The Morgan fingerprint density at radius 3 is 2.79 bits per heavy atom. The molecule has 0 radical (unpaired) electrons. The Morgan fingerprint density at radius 2 is 1.95 bits per heavy atom. The molecule has 3 rings (SSSR count). The smallest absolute Gasteiger partial charge is 0.0354 e. The predicted octanol–water partition coefficient (Wildman–Crippen LogP) is 4.60. The maximum Gasteiger partial charge on any atom is 0.0354 e. The number of aryl methyl sites for hydroxylation is 1. The van der Waals surface area contributed by atoms with Gasteiger partial charge in [-0.15, -0.1) is 11.3 Å². The van der Waals surface area contributed by atoms with E-state index in [4.69, 9.17) is 0 Å². The Kier molecular flexibility index (Phi) is 3.36. The first-order valence-corrected chi connectivity index (χ1v) is 7.38. The maximum absolute atomic E-state index is 3.21. The molecule has 0 saturated carbocycles. The molecule has 0 aliphatic carbocycles. The molecule has 1 heterocycles. The second-order valence-corrected chi connectivity index (χ2v) is 5.74. The highest BCUT2D eigenvalue weighted by molar-refractivity contribution is 7.13. The van der Waals surface area contributed by atoms with Crippen LogP contribution < -0.4 is 5.32 Å². The molecule has 1 aromatic heterocycles. The normalized spacial score (nSPS) is 11.1. The summed E-state index contributed by atoms with van der Waals surface area (Å²) in [5, 5.41) is 8.11. The standard InChI is InChI=1S/C17H17NS/c1-12-7-8-14-5-3-4-6-15(14)17(12)16-9-13(10-18-2)11-19-16/h3-9,11,18H,10H2,1-2H3. The largest absolute Gasteiger partial charge is 0.316 e. The van der Waals surface area contributed by atoms with Gasteiger partial charge < -0.3 is 5.32 Å². The molecule has 3 aromatic rings. The lowest BCUT2D eigenvalue weighted by Gasteiger charge is -2.08. The fourth-order valence-corrected chi connectivity index (χ4v) is 3.55. The van der Waals surface area contributed by atoms with E-state index in [1.807, 2.05) is 18.4 Å². The van der Waals surface area contributed by atoms with Crippen LogP contribution in [0.4, 0.5) is 0 Å². The van der Waals surface area contributed by atoms with Gasteiger partial charge in [0.25, 0.3) is 0 Å². The van der Waals surface area contributed by atoms with E-state index in [-0.39, 0.29) is 0 Å². The molecule has 2 aromatic carbocycles. The van der Waals surface area contributed by atoms with Crippen molar-refractivity contribution >= 4 is 22.1 Å². The molecule has 0 aliphatic rings. The molecule has 0 saturated heterocycles. The van der Waals surface area contributed by atoms with Crippen molar-refractivity contribution in [1.29, 1.82) is 0 Å². The first-order chi connectivity index (χ1) is 9.29.